The van der Waals surface area contributed by atoms with Crippen molar-refractivity contribution >= 4 is 28.1 Å². The molecule has 0 aliphatic carbocycles. The highest BCUT2D eigenvalue weighted by atomic mass is 79.9. The number of benzene rings is 1. The summed E-state index contributed by atoms with van der Waals surface area (Å²) in [5, 5.41) is 3.87. The summed E-state index contributed by atoms with van der Waals surface area (Å²) < 4.78 is 5.93. The number of pyridine rings is 1. The molecule has 0 atom stereocenters. The van der Waals surface area contributed by atoms with Crippen LogP contribution in [0.3, 0.4) is 0 Å². The van der Waals surface area contributed by atoms with Crippen molar-refractivity contribution in [1.82, 2.24) is 10.4 Å². The van der Waals surface area contributed by atoms with Gasteiger partial charge < -0.3 is 4.74 Å². The highest BCUT2D eigenvalue weighted by Crippen LogP contribution is 2.22. The average molecular weight is 334 g/mol. The Bertz CT molecular complexity index is 630. The Morgan fingerprint density at radius 2 is 2.25 bits per heavy atom. The number of methoxy groups -OCH3 is 1. The summed E-state index contributed by atoms with van der Waals surface area (Å²) in [4.78, 5) is 16.1. The quantitative estimate of drug-likeness (QED) is 0.691. The zero-order valence-corrected chi connectivity index (χ0v) is 12.3. The average Bonchev–Trinajstić information content (AvgIpc) is 2.48. The lowest BCUT2D eigenvalue weighted by Gasteiger charge is -2.07. The smallest absolute Gasteiger partial charge is 0.275 e. The van der Waals surface area contributed by atoms with Gasteiger partial charge in [0.15, 0.2) is 0 Å². The lowest BCUT2D eigenvalue weighted by atomic mass is 10.2. The largest absolute Gasteiger partial charge is 0.496 e. The van der Waals surface area contributed by atoms with Gasteiger partial charge in [-0.25, -0.2) is 5.43 Å². The summed E-state index contributed by atoms with van der Waals surface area (Å²) in [6.45, 7) is 0. The van der Waals surface area contributed by atoms with E-state index in [-0.39, 0.29) is 5.91 Å². The van der Waals surface area contributed by atoms with E-state index in [1.165, 1.54) is 13.3 Å². The van der Waals surface area contributed by atoms with E-state index in [0.717, 1.165) is 4.47 Å². The van der Waals surface area contributed by atoms with Crippen LogP contribution >= 0.6 is 15.9 Å². The van der Waals surface area contributed by atoms with Crippen LogP contribution in [0.1, 0.15) is 16.1 Å². The number of nitrogens with one attached hydrogen (secondary N) is 1. The number of ether oxygens (including phenoxy) is 1. The lowest BCUT2D eigenvalue weighted by Crippen LogP contribution is -2.18. The SMILES string of the molecule is COc1ccc(Br)cc1C(=O)N/N=C\c1ccccn1. The second kappa shape index (κ2) is 6.81. The number of halogens is 1. The molecule has 0 radical (unpaired) electrons. The normalized spacial score (nSPS) is 10.5. The summed E-state index contributed by atoms with van der Waals surface area (Å²) in [6.07, 6.45) is 3.13. The van der Waals surface area contributed by atoms with Gasteiger partial charge in [0.05, 0.1) is 24.6 Å². The van der Waals surface area contributed by atoms with Gasteiger partial charge in [-0.1, -0.05) is 22.0 Å². The van der Waals surface area contributed by atoms with Gasteiger partial charge in [0.25, 0.3) is 5.91 Å². The Kier molecular flexibility index (Phi) is 4.84. The van der Waals surface area contributed by atoms with Crippen LogP contribution in [0.2, 0.25) is 0 Å². The van der Waals surface area contributed by atoms with Crippen molar-refractivity contribution < 1.29 is 9.53 Å². The van der Waals surface area contributed by atoms with Crippen molar-refractivity contribution in [3.8, 4) is 5.75 Å². The molecule has 2 rings (SSSR count). The molecule has 0 aliphatic heterocycles. The standard InChI is InChI=1S/C14H12BrN3O2/c1-20-13-6-5-10(15)8-12(13)14(19)18-17-9-11-4-2-3-7-16-11/h2-9H,1H3,(H,18,19)/b17-9-. The second-order valence-electron chi connectivity index (χ2n) is 3.80. The number of rotatable bonds is 4. The van der Waals surface area contributed by atoms with Gasteiger partial charge in [-0.05, 0) is 30.3 Å². The predicted molar refractivity (Wildman–Crippen MR) is 80.0 cm³/mol. The Hall–Kier alpha value is -2.21. The topological polar surface area (TPSA) is 63.6 Å². The van der Waals surface area contributed by atoms with E-state index in [4.69, 9.17) is 4.74 Å². The maximum absolute atomic E-state index is 12.0. The van der Waals surface area contributed by atoms with Gasteiger partial charge in [0.2, 0.25) is 0 Å². The molecule has 5 nitrogen and oxygen atoms in total. The molecule has 1 heterocycles. The zero-order chi connectivity index (χ0) is 14.4. The fourth-order valence-electron chi connectivity index (χ4n) is 1.53. The molecule has 0 spiro atoms. The van der Waals surface area contributed by atoms with Crippen LogP contribution in [0.25, 0.3) is 0 Å². The number of carbonyl (C=O) groups excluding carboxylic acids is 1. The highest BCUT2D eigenvalue weighted by molar-refractivity contribution is 9.10. The number of amides is 1. The number of hydrazone groups is 1. The summed E-state index contributed by atoms with van der Waals surface area (Å²) >= 11 is 3.31. The van der Waals surface area contributed by atoms with E-state index in [9.17, 15) is 4.79 Å². The third-order valence-electron chi connectivity index (χ3n) is 2.46. The fraction of sp³-hybridized carbons (Fsp3) is 0.0714. The van der Waals surface area contributed by atoms with Crippen molar-refractivity contribution in [3.05, 3.63) is 58.3 Å². The third-order valence-corrected chi connectivity index (χ3v) is 2.95. The molecular weight excluding hydrogens is 322 g/mol. The van der Waals surface area contributed by atoms with Crippen LogP contribution in [-0.4, -0.2) is 24.2 Å². The molecule has 0 saturated carbocycles. The summed E-state index contributed by atoms with van der Waals surface area (Å²) in [5.74, 6) is 0.133. The van der Waals surface area contributed by atoms with Crippen LogP contribution < -0.4 is 10.2 Å². The first kappa shape index (κ1) is 14.2. The minimum absolute atomic E-state index is 0.352. The molecule has 102 valence electrons. The molecule has 0 bridgehead atoms. The molecule has 1 N–H and O–H groups in total. The van der Waals surface area contributed by atoms with E-state index >= 15 is 0 Å². The van der Waals surface area contributed by atoms with E-state index < -0.39 is 0 Å². The van der Waals surface area contributed by atoms with Crippen molar-refractivity contribution in [1.29, 1.82) is 0 Å². The Morgan fingerprint density at radius 1 is 1.40 bits per heavy atom. The first-order chi connectivity index (χ1) is 9.70. The van der Waals surface area contributed by atoms with Crippen LogP contribution in [0.5, 0.6) is 5.75 Å². The predicted octanol–water partition coefficient (Wildman–Crippen LogP) is 2.62. The second-order valence-corrected chi connectivity index (χ2v) is 4.71. The summed E-state index contributed by atoms with van der Waals surface area (Å²) in [5.41, 5.74) is 3.50. The molecule has 0 fully saturated rings. The Morgan fingerprint density at radius 3 is 2.95 bits per heavy atom. The Labute approximate surface area is 124 Å². The molecule has 1 aromatic carbocycles. The number of nitrogens with zero attached hydrogens (tertiary/aromatic N) is 2. The van der Waals surface area contributed by atoms with Crippen molar-refractivity contribution in [2.75, 3.05) is 7.11 Å². The van der Waals surface area contributed by atoms with E-state index in [2.05, 4.69) is 31.4 Å². The third kappa shape index (κ3) is 3.64. The fourth-order valence-corrected chi connectivity index (χ4v) is 1.89. The maximum Gasteiger partial charge on any atom is 0.275 e. The molecular formula is C14H12BrN3O2. The molecule has 1 aromatic heterocycles. The molecule has 1 amide bonds. The summed E-state index contributed by atoms with van der Waals surface area (Å²) in [6, 6.07) is 10.6. The van der Waals surface area contributed by atoms with Gasteiger partial charge in [-0.3, -0.25) is 9.78 Å². The van der Waals surface area contributed by atoms with Gasteiger partial charge in [0, 0.05) is 10.7 Å². The van der Waals surface area contributed by atoms with Gasteiger partial charge in [-0.15, -0.1) is 0 Å². The highest BCUT2D eigenvalue weighted by Gasteiger charge is 2.11. The molecule has 0 aliphatic rings. The number of carbonyl (C=O) groups is 1. The Balaban J connectivity index is 2.09. The van der Waals surface area contributed by atoms with Crippen LogP contribution in [-0.2, 0) is 0 Å². The first-order valence-corrected chi connectivity index (χ1v) is 6.58. The lowest BCUT2D eigenvalue weighted by molar-refractivity contribution is 0.0952. The molecule has 0 unspecified atom stereocenters. The maximum atomic E-state index is 12.0. The minimum atomic E-state index is -0.352. The van der Waals surface area contributed by atoms with Crippen LogP contribution in [0.15, 0.2) is 52.2 Å². The van der Waals surface area contributed by atoms with E-state index in [1.54, 1.807) is 30.5 Å². The number of hydrogen-bond acceptors (Lipinski definition) is 4. The van der Waals surface area contributed by atoms with Gasteiger partial charge >= 0.3 is 0 Å². The van der Waals surface area contributed by atoms with Crippen molar-refractivity contribution in [2.45, 2.75) is 0 Å². The van der Waals surface area contributed by atoms with Crippen LogP contribution in [0, 0.1) is 0 Å². The molecule has 20 heavy (non-hydrogen) atoms. The molecule has 6 heteroatoms. The zero-order valence-electron chi connectivity index (χ0n) is 10.7. The van der Waals surface area contributed by atoms with E-state index in [1.807, 2.05) is 12.1 Å². The van der Waals surface area contributed by atoms with Crippen molar-refractivity contribution in [2.24, 2.45) is 5.10 Å². The monoisotopic (exact) mass is 333 g/mol. The molecule has 0 saturated heterocycles. The van der Waals surface area contributed by atoms with Gasteiger partial charge in [0.1, 0.15) is 5.75 Å². The van der Waals surface area contributed by atoms with Crippen LogP contribution in [0.4, 0.5) is 0 Å². The molecule has 2 aromatic rings. The van der Waals surface area contributed by atoms with Crippen molar-refractivity contribution in [3.63, 3.8) is 0 Å². The van der Waals surface area contributed by atoms with Gasteiger partial charge in [-0.2, -0.15) is 5.10 Å². The number of hydrogen-bond donors (Lipinski definition) is 1. The first-order valence-electron chi connectivity index (χ1n) is 5.78. The summed E-state index contributed by atoms with van der Waals surface area (Å²) in [7, 11) is 1.51. The van der Waals surface area contributed by atoms with E-state index in [0.29, 0.717) is 17.0 Å². The number of aromatic nitrogens is 1. The minimum Gasteiger partial charge on any atom is -0.496 e.